The van der Waals surface area contributed by atoms with Crippen LogP contribution in [0.2, 0.25) is 5.02 Å². The maximum atomic E-state index is 6.00. The summed E-state index contributed by atoms with van der Waals surface area (Å²) in [6.07, 6.45) is 2.76. The maximum Gasteiger partial charge on any atom is 0.0455 e. The van der Waals surface area contributed by atoms with E-state index in [2.05, 4.69) is 17.4 Å². The van der Waals surface area contributed by atoms with Gasteiger partial charge in [-0.2, -0.15) is 0 Å². The van der Waals surface area contributed by atoms with E-state index in [1.54, 1.807) is 0 Å². The standard InChI is InChI=1S/C11H14ClN/c1-8-2-5-10(6-11(8)12)13-7-9-3-4-9/h2,5-6,9,13H,3-4,7H2,1H3. The molecule has 1 aromatic carbocycles. The van der Waals surface area contributed by atoms with Crippen molar-refractivity contribution in [3.63, 3.8) is 0 Å². The first-order chi connectivity index (χ1) is 6.25. The Balaban J connectivity index is 1.98. The zero-order valence-corrected chi connectivity index (χ0v) is 8.56. The van der Waals surface area contributed by atoms with E-state index >= 15 is 0 Å². The third-order valence-electron chi connectivity index (χ3n) is 2.46. The SMILES string of the molecule is Cc1ccc(NCC2CC2)cc1Cl. The summed E-state index contributed by atoms with van der Waals surface area (Å²) in [4.78, 5) is 0. The lowest BCUT2D eigenvalue weighted by Gasteiger charge is -2.06. The minimum absolute atomic E-state index is 0.848. The Bertz CT molecular complexity index is 305. The molecule has 0 heterocycles. The number of rotatable bonds is 3. The van der Waals surface area contributed by atoms with Crippen LogP contribution in [0.5, 0.6) is 0 Å². The molecule has 1 N–H and O–H groups in total. The third-order valence-corrected chi connectivity index (χ3v) is 2.87. The van der Waals surface area contributed by atoms with E-state index in [1.165, 1.54) is 12.8 Å². The predicted octanol–water partition coefficient (Wildman–Crippen LogP) is 3.47. The van der Waals surface area contributed by atoms with Gasteiger partial charge in [-0.05, 0) is 43.4 Å². The molecule has 0 aliphatic heterocycles. The van der Waals surface area contributed by atoms with Gasteiger partial charge in [0, 0.05) is 17.3 Å². The van der Waals surface area contributed by atoms with Crippen LogP contribution in [0.1, 0.15) is 18.4 Å². The minimum Gasteiger partial charge on any atom is -0.385 e. The number of hydrogen-bond donors (Lipinski definition) is 1. The van der Waals surface area contributed by atoms with Crippen LogP contribution in [0.25, 0.3) is 0 Å². The Morgan fingerprint density at radius 2 is 2.23 bits per heavy atom. The van der Waals surface area contributed by atoms with Gasteiger partial charge in [-0.25, -0.2) is 0 Å². The fourth-order valence-electron chi connectivity index (χ4n) is 1.29. The van der Waals surface area contributed by atoms with Crippen molar-refractivity contribution in [3.05, 3.63) is 28.8 Å². The van der Waals surface area contributed by atoms with Crippen LogP contribution < -0.4 is 5.32 Å². The van der Waals surface area contributed by atoms with Crippen LogP contribution in [0.4, 0.5) is 5.69 Å². The van der Waals surface area contributed by atoms with E-state index < -0.39 is 0 Å². The second-order valence-electron chi connectivity index (χ2n) is 3.79. The van der Waals surface area contributed by atoms with Crippen LogP contribution in [-0.4, -0.2) is 6.54 Å². The molecule has 0 bridgehead atoms. The van der Waals surface area contributed by atoms with Crippen molar-refractivity contribution >= 4 is 17.3 Å². The maximum absolute atomic E-state index is 6.00. The second-order valence-corrected chi connectivity index (χ2v) is 4.20. The van der Waals surface area contributed by atoms with Gasteiger partial charge in [0.15, 0.2) is 0 Å². The van der Waals surface area contributed by atoms with Gasteiger partial charge < -0.3 is 5.32 Å². The van der Waals surface area contributed by atoms with Gasteiger partial charge in [0.25, 0.3) is 0 Å². The molecule has 0 aromatic heterocycles. The number of nitrogens with one attached hydrogen (secondary N) is 1. The second kappa shape index (κ2) is 3.59. The molecule has 0 amide bonds. The van der Waals surface area contributed by atoms with Crippen molar-refractivity contribution in [2.24, 2.45) is 5.92 Å². The van der Waals surface area contributed by atoms with Gasteiger partial charge in [-0.1, -0.05) is 17.7 Å². The highest BCUT2D eigenvalue weighted by Gasteiger charge is 2.20. The number of benzene rings is 1. The van der Waals surface area contributed by atoms with E-state index in [0.717, 1.165) is 28.7 Å². The summed E-state index contributed by atoms with van der Waals surface area (Å²) in [5.74, 6) is 0.903. The smallest absolute Gasteiger partial charge is 0.0455 e. The van der Waals surface area contributed by atoms with Crippen molar-refractivity contribution in [3.8, 4) is 0 Å². The van der Waals surface area contributed by atoms with E-state index in [-0.39, 0.29) is 0 Å². The molecule has 2 heteroatoms. The van der Waals surface area contributed by atoms with Crippen molar-refractivity contribution in [1.29, 1.82) is 0 Å². The minimum atomic E-state index is 0.848. The first kappa shape index (κ1) is 8.89. The van der Waals surface area contributed by atoms with Crippen LogP contribution in [0, 0.1) is 12.8 Å². The zero-order chi connectivity index (χ0) is 9.26. The van der Waals surface area contributed by atoms with E-state index in [4.69, 9.17) is 11.6 Å². The van der Waals surface area contributed by atoms with E-state index in [1.807, 2.05) is 13.0 Å². The molecule has 1 saturated carbocycles. The fraction of sp³-hybridized carbons (Fsp3) is 0.455. The highest BCUT2D eigenvalue weighted by Crippen LogP contribution is 2.29. The molecule has 1 fully saturated rings. The summed E-state index contributed by atoms with van der Waals surface area (Å²) in [6.45, 7) is 3.12. The summed E-state index contributed by atoms with van der Waals surface area (Å²) in [6, 6.07) is 6.14. The van der Waals surface area contributed by atoms with Gasteiger partial charge >= 0.3 is 0 Å². The lowest BCUT2D eigenvalue weighted by molar-refractivity contribution is 0.889. The van der Waals surface area contributed by atoms with Gasteiger partial charge in [-0.15, -0.1) is 0 Å². The molecule has 0 saturated heterocycles. The summed E-state index contributed by atoms with van der Waals surface area (Å²) in [5.41, 5.74) is 2.28. The van der Waals surface area contributed by atoms with Crippen molar-refractivity contribution < 1.29 is 0 Å². The number of halogens is 1. The van der Waals surface area contributed by atoms with Crippen LogP contribution in [0.3, 0.4) is 0 Å². The lowest BCUT2D eigenvalue weighted by atomic mass is 10.2. The fourth-order valence-corrected chi connectivity index (χ4v) is 1.47. The first-order valence-electron chi connectivity index (χ1n) is 4.76. The van der Waals surface area contributed by atoms with Crippen molar-refractivity contribution in [2.75, 3.05) is 11.9 Å². The van der Waals surface area contributed by atoms with Crippen LogP contribution >= 0.6 is 11.6 Å². The number of hydrogen-bond acceptors (Lipinski definition) is 1. The molecule has 2 rings (SSSR count). The summed E-state index contributed by atoms with van der Waals surface area (Å²) in [7, 11) is 0. The van der Waals surface area contributed by atoms with E-state index in [9.17, 15) is 0 Å². The Kier molecular flexibility index (Phi) is 2.45. The molecule has 0 spiro atoms. The van der Waals surface area contributed by atoms with Crippen molar-refractivity contribution in [1.82, 2.24) is 0 Å². The van der Waals surface area contributed by atoms with Gasteiger partial charge in [-0.3, -0.25) is 0 Å². The molecule has 1 aromatic rings. The number of aryl methyl sites for hydroxylation is 1. The summed E-state index contributed by atoms with van der Waals surface area (Å²) >= 11 is 6.00. The highest BCUT2D eigenvalue weighted by molar-refractivity contribution is 6.31. The molecule has 1 nitrogen and oxygen atoms in total. The quantitative estimate of drug-likeness (QED) is 0.779. The molecule has 70 valence electrons. The molecule has 0 unspecified atom stereocenters. The Morgan fingerprint density at radius 3 is 2.85 bits per heavy atom. The summed E-state index contributed by atoms with van der Waals surface area (Å²) < 4.78 is 0. The molecule has 0 radical (unpaired) electrons. The molecule has 1 aliphatic rings. The summed E-state index contributed by atoms with van der Waals surface area (Å²) in [5, 5.41) is 4.24. The molecule has 0 atom stereocenters. The third kappa shape index (κ3) is 2.38. The molecular formula is C11H14ClN. The van der Waals surface area contributed by atoms with Gasteiger partial charge in [0.05, 0.1) is 0 Å². The van der Waals surface area contributed by atoms with Gasteiger partial charge in [0.1, 0.15) is 0 Å². The lowest BCUT2D eigenvalue weighted by Crippen LogP contribution is -2.02. The Labute approximate surface area is 84.1 Å². The molecular weight excluding hydrogens is 182 g/mol. The first-order valence-corrected chi connectivity index (χ1v) is 5.13. The van der Waals surface area contributed by atoms with Crippen LogP contribution in [0.15, 0.2) is 18.2 Å². The predicted molar refractivity (Wildman–Crippen MR) is 57.4 cm³/mol. The van der Waals surface area contributed by atoms with Gasteiger partial charge in [0.2, 0.25) is 0 Å². The monoisotopic (exact) mass is 195 g/mol. The van der Waals surface area contributed by atoms with Crippen molar-refractivity contribution in [2.45, 2.75) is 19.8 Å². The topological polar surface area (TPSA) is 12.0 Å². The molecule has 13 heavy (non-hydrogen) atoms. The molecule has 1 aliphatic carbocycles. The Morgan fingerprint density at radius 1 is 1.46 bits per heavy atom. The number of anilines is 1. The highest BCUT2D eigenvalue weighted by atomic mass is 35.5. The van der Waals surface area contributed by atoms with E-state index in [0.29, 0.717) is 0 Å². The van der Waals surface area contributed by atoms with Crippen LogP contribution in [-0.2, 0) is 0 Å². The average Bonchev–Trinajstić information content (AvgIpc) is 2.91. The zero-order valence-electron chi connectivity index (χ0n) is 7.81. The largest absolute Gasteiger partial charge is 0.385 e. The normalized spacial score (nSPS) is 15.8. The Hall–Kier alpha value is -0.690. The average molecular weight is 196 g/mol.